The van der Waals surface area contributed by atoms with E-state index in [9.17, 15) is 48.6 Å². The summed E-state index contributed by atoms with van der Waals surface area (Å²) in [5, 5.41) is 34.1. The zero-order valence-corrected chi connectivity index (χ0v) is 33.8. The number of nitrogens with zero attached hydrogens (tertiary/aromatic N) is 1. The van der Waals surface area contributed by atoms with Crippen LogP contribution in [0, 0.1) is 5.92 Å². The predicted molar refractivity (Wildman–Crippen MR) is 219 cm³/mol. The molecule has 21 nitrogen and oxygen atoms in total. The Bertz CT molecular complexity index is 1820. The molecular weight excluding hydrogens is 782 g/mol. The van der Waals surface area contributed by atoms with E-state index in [-0.39, 0.29) is 43.9 Å². The zero-order chi connectivity index (χ0) is 44.9. The molecule has 60 heavy (non-hydrogen) atoms. The Kier molecular flexibility index (Phi) is 20.5. The highest BCUT2D eigenvalue weighted by Gasteiger charge is 2.33. The molecule has 7 atom stereocenters. The fourth-order valence-corrected chi connectivity index (χ4v) is 5.64. The van der Waals surface area contributed by atoms with Crippen molar-refractivity contribution in [3.63, 3.8) is 0 Å². The summed E-state index contributed by atoms with van der Waals surface area (Å²) in [6.45, 7) is 4.15. The van der Waals surface area contributed by atoms with Gasteiger partial charge in [0.15, 0.2) is 5.96 Å². The van der Waals surface area contributed by atoms with Crippen LogP contribution in [0.4, 0.5) is 0 Å². The Morgan fingerprint density at radius 1 is 0.683 bits per heavy atom. The van der Waals surface area contributed by atoms with Crippen LogP contribution in [0.15, 0.2) is 59.6 Å². The minimum Gasteiger partial charge on any atom is -0.508 e. The van der Waals surface area contributed by atoms with Crippen LogP contribution in [0.1, 0.15) is 57.6 Å². The van der Waals surface area contributed by atoms with E-state index < -0.39 is 102 Å². The number of nitrogens with two attached hydrogens (primary N) is 4. The second-order valence-electron chi connectivity index (χ2n) is 14.2. The topological polar surface area (TPSA) is 366 Å². The molecule has 0 spiro atoms. The van der Waals surface area contributed by atoms with Crippen LogP contribution < -0.4 is 54.8 Å². The van der Waals surface area contributed by atoms with Crippen molar-refractivity contribution in [3.05, 3.63) is 65.7 Å². The van der Waals surface area contributed by atoms with Gasteiger partial charge in [-0.3, -0.25) is 38.6 Å². The first-order chi connectivity index (χ1) is 28.3. The Hall–Kier alpha value is -6.77. The van der Waals surface area contributed by atoms with E-state index >= 15 is 0 Å². The number of guanidine groups is 1. The third-order valence-electron chi connectivity index (χ3n) is 9.17. The van der Waals surface area contributed by atoms with Crippen LogP contribution in [0.5, 0.6) is 5.75 Å². The normalized spacial score (nSPS) is 14.3. The number of carboxylic acids is 1. The Morgan fingerprint density at radius 2 is 1.20 bits per heavy atom. The summed E-state index contributed by atoms with van der Waals surface area (Å²) in [4.78, 5) is 108. The molecule has 0 saturated carbocycles. The van der Waals surface area contributed by atoms with Crippen LogP contribution in [-0.2, 0) is 51.2 Å². The molecule has 0 aliphatic carbocycles. The van der Waals surface area contributed by atoms with Crippen LogP contribution in [0.2, 0.25) is 0 Å². The number of rotatable bonds is 25. The number of hydrogen-bond donors (Lipinski definition) is 12. The molecule has 2 aromatic rings. The second-order valence-corrected chi connectivity index (χ2v) is 14.2. The van der Waals surface area contributed by atoms with E-state index in [2.05, 4.69) is 36.9 Å². The van der Waals surface area contributed by atoms with Crippen LogP contribution in [-0.4, -0.2) is 113 Å². The van der Waals surface area contributed by atoms with E-state index in [4.69, 9.17) is 22.9 Å². The fraction of sp³-hybridized carbons (Fsp3) is 0.462. The maximum Gasteiger partial charge on any atom is 0.326 e. The molecular formula is C39H57N11O10. The quantitative estimate of drug-likeness (QED) is 0.0272. The standard InChI is InChI=1S/C39H57N11O10/c1-4-21(2)32(38(59)60)50-31(53)20-45-34(55)29(19-30(41)52)49-37(58)28(17-23-9-6-5-7-10-23)48-35(56)26(11-8-16-44-39(42)43)46-36(57)27(47-33(54)22(3)40)18-24-12-14-25(51)15-13-24/h5-7,9-10,12-15,21-22,26-29,32,51H,4,8,11,16-20,40H2,1-3H3,(H2,41,52)(H,45,55)(H,46,57)(H,47,54)(H,48,56)(H,49,58)(H,50,53)(H,59,60)(H4,42,43,44)/t21-,22-,26-,27-,28-,29-,32-/m0/s1. The first-order valence-corrected chi connectivity index (χ1v) is 19.2. The minimum atomic E-state index is -1.63. The van der Waals surface area contributed by atoms with Crippen molar-refractivity contribution >= 4 is 53.3 Å². The number of carbonyl (C=O) groups excluding carboxylic acids is 7. The van der Waals surface area contributed by atoms with Gasteiger partial charge in [0.05, 0.1) is 19.0 Å². The molecule has 0 saturated heterocycles. The van der Waals surface area contributed by atoms with Crippen molar-refractivity contribution in [3.8, 4) is 5.75 Å². The first-order valence-electron chi connectivity index (χ1n) is 19.2. The van der Waals surface area contributed by atoms with Gasteiger partial charge < -0.3 is 65.0 Å². The van der Waals surface area contributed by atoms with E-state index in [0.717, 1.165) is 0 Å². The fourth-order valence-electron chi connectivity index (χ4n) is 5.64. The summed E-state index contributed by atoms with van der Waals surface area (Å²) in [6.07, 6.45) is -0.365. The zero-order valence-electron chi connectivity index (χ0n) is 33.8. The van der Waals surface area contributed by atoms with Gasteiger partial charge in [-0.2, -0.15) is 0 Å². The molecule has 0 aliphatic heterocycles. The van der Waals surface area contributed by atoms with Gasteiger partial charge in [-0.15, -0.1) is 0 Å². The van der Waals surface area contributed by atoms with Gasteiger partial charge in [-0.1, -0.05) is 62.7 Å². The number of phenols is 1. The summed E-state index contributed by atoms with van der Waals surface area (Å²) in [7, 11) is 0. The molecule has 0 heterocycles. The van der Waals surface area contributed by atoms with Crippen LogP contribution in [0.3, 0.4) is 0 Å². The Balaban J connectivity index is 2.40. The molecule has 0 fully saturated rings. The highest BCUT2D eigenvalue weighted by atomic mass is 16.4. The summed E-state index contributed by atoms with van der Waals surface area (Å²) in [5.74, 6) is -8.02. The van der Waals surface area contributed by atoms with Crippen LogP contribution in [0.25, 0.3) is 0 Å². The summed E-state index contributed by atoms with van der Waals surface area (Å²) < 4.78 is 0. The maximum atomic E-state index is 14.1. The van der Waals surface area contributed by atoms with Gasteiger partial charge >= 0.3 is 5.97 Å². The Labute approximate surface area is 347 Å². The largest absolute Gasteiger partial charge is 0.508 e. The number of aliphatic carboxylic acids is 1. The molecule has 21 heteroatoms. The number of hydrogen-bond acceptors (Lipinski definition) is 11. The van der Waals surface area contributed by atoms with Gasteiger partial charge in [0.1, 0.15) is 36.0 Å². The van der Waals surface area contributed by atoms with Gasteiger partial charge in [0.2, 0.25) is 41.4 Å². The molecule has 0 unspecified atom stereocenters. The van der Waals surface area contributed by atoms with Crippen LogP contribution >= 0.6 is 0 Å². The van der Waals surface area contributed by atoms with Gasteiger partial charge in [-0.05, 0) is 48.9 Å². The number of primary amides is 1. The van der Waals surface area contributed by atoms with Crippen molar-refractivity contribution in [2.75, 3.05) is 13.1 Å². The number of amides is 7. The molecule has 7 amide bonds. The molecule has 0 radical (unpaired) electrons. The molecule has 0 aromatic heterocycles. The van der Waals surface area contributed by atoms with E-state index in [1.807, 2.05) is 0 Å². The van der Waals surface area contributed by atoms with Crippen molar-refractivity contribution in [1.29, 1.82) is 0 Å². The summed E-state index contributed by atoms with van der Waals surface area (Å²) >= 11 is 0. The van der Waals surface area contributed by atoms with Crippen molar-refractivity contribution in [2.24, 2.45) is 33.8 Å². The smallest absolute Gasteiger partial charge is 0.326 e. The van der Waals surface area contributed by atoms with Crippen molar-refractivity contribution in [2.45, 2.75) is 95.5 Å². The number of benzene rings is 2. The maximum absolute atomic E-state index is 14.1. The lowest BCUT2D eigenvalue weighted by molar-refractivity contribution is -0.143. The number of phenolic OH excluding ortho intramolecular Hbond substituents is 1. The average molecular weight is 840 g/mol. The average Bonchev–Trinajstić information content (AvgIpc) is 3.19. The number of carbonyl (C=O) groups is 8. The third-order valence-corrected chi connectivity index (χ3v) is 9.17. The van der Waals surface area contributed by atoms with Crippen molar-refractivity contribution in [1.82, 2.24) is 31.9 Å². The minimum absolute atomic E-state index is 0.0249. The summed E-state index contributed by atoms with van der Waals surface area (Å²) in [6, 6.07) is 6.45. The monoisotopic (exact) mass is 839 g/mol. The molecule has 0 aliphatic rings. The Morgan fingerprint density at radius 3 is 1.72 bits per heavy atom. The van der Waals surface area contributed by atoms with E-state index in [1.54, 1.807) is 56.3 Å². The SMILES string of the molecule is CC[C@H](C)[C@H](NC(=O)CNC(=O)[C@H](CC(N)=O)NC(=O)[C@H](Cc1ccccc1)NC(=O)[C@H](CCCN=C(N)N)NC(=O)[C@H](Cc1ccc(O)cc1)NC(=O)[C@H](C)N)C(=O)O. The first kappa shape index (κ1) is 49.4. The van der Waals surface area contributed by atoms with Gasteiger partial charge in [0.25, 0.3) is 0 Å². The number of carboxylic acid groups (broad SMARTS) is 1. The summed E-state index contributed by atoms with van der Waals surface area (Å²) in [5.41, 5.74) is 23.2. The van der Waals surface area contributed by atoms with E-state index in [0.29, 0.717) is 17.5 Å². The predicted octanol–water partition coefficient (Wildman–Crippen LogP) is -2.88. The second kappa shape index (κ2) is 24.9. The number of nitrogens with one attached hydrogen (secondary N) is 6. The van der Waals surface area contributed by atoms with Gasteiger partial charge in [0, 0.05) is 19.4 Å². The van der Waals surface area contributed by atoms with Gasteiger partial charge in [-0.25, -0.2) is 4.79 Å². The number of aliphatic imine (C=N–C) groups is 1. The third kappa shape index (κ3) is 17.8. The molecule has 16 N–H and O–H groups in total. The lowest BCUT2D eigenvalue weighted by atomic mass is 9.99. The number of aromatic hydroxyl groups is 1. The highest BCUT2D eigenvalue weighted by molar-refractivity contribution is 5.98. The highest BCUT2D eigenvalue weighted by Crippen LogP contribution is 2.13. The molecule has 2 rings (SSSR count). The molecule has 0 bridgehead atoms. The van der Waals surface area contributed by atoms with Crippen molar-refractivity contribution < 1.29 is 48.6 Å². The van der Waals surface area contributed by atoms with E-state index in [1.165, 1.54) is 19.1 Å². The molecule has 328 valence electrons. The molecule has 2 aromatic carbocycles. The lowest BCUT2D eigenvalue weighted by Crippen LogP contribution is -2.60. The lowest BCUT2D eigenvalue weighted by Gasteiger charge is -2.27.